The van der Waals surface area contributed by atoms with Gasteiger partial charge in [-0.1, -0.05) is 0 Å². The standard InChI is InChI=1S/C12H16N4OS/c1-8-14-11-7-10(9(13)6-12(11)18-8)15-16-2-4-17-5-3-16/h6-7,15H,2-5,13H2,1H3. The molecule has 1 fully saturated rings. The number of thiazole rings is 1. The average Bonchev–Trinajstić information content (AvgIpc) is 2.70. The smallest absolute Gasteiger partial charge is 0.0907 e. The maximum Gasteiger partial charge on any atom is 0.0907 e. The van der Waals surface area contributed by atoms with Gasteiger partial charge in [0.2, 0.25) is 0 Å². The van der Waals surface area contributed by atoms with Gasteiger partial charge in [0.05, 0.1) is 39.8 Å². The number of hydrogen-bond donors (Lipinski definition) is 2. The van der Waals surface area contributed by atoms with Gasteiger partial charge in [-0.2, -0.15) is 0 Å². The van der Waals surface area contributed by atoms with Crippen molar-refractivity contribution in [2.45, 2.75) is 6.92 Å². The molecule has 0 saturated carbocycles. The van der Waals surface area contributed by atoms with Crippen molar-refractivity contribution in [2.75, 3.05) is 37.5 Å². The Morgan fingerprint density at radius 1 is 1.39 bits per heavy atom. The van der Waals surface area contributed by atoms with Gasteiger partial charge >= 0.3 is 0 Å². The number of aromatic nitrogens is 1. The molecule has 0 radical (unpaired) electrons. The van der Waals surface area contributed by atoms with Crippen molar-refractivity contribution < 1.29 is 4.74 Å². The van der Waals surface area contributed by atoms with Gasteiger partial charge < -0.3 is 15.9 Å². The molecule has 0 bridgehead atoms. The third kappa shape index (κ3) is 2.27. The monoisotopic (exact) mass is 264 g/mol. The van der Waals surface area contributed by atoms with Crippen LogP contribution < -0.4 is 11.2 Å². The van der Waals surface area contributed by atoms with Crippen molar-refractivity contribution in [3.63, 3.8) is 0 Å². The summed E-state index contributed by atoms with van der Waals surface area (Å²) in [6.07, 6.45) is 0. The number of nitrogens with zero attached hydrogens (tertiary/aromatic N) is 2. The first kappa shape index (κ1) is 11.7. The summed E-state index contributed by atoms with van der Waals surface area (Å²) >= 11 is 1.67. The number of ether oxygens (including phenoxy) is 1. The lowest BCUT2D eigenvalue weighted by molar-refractivity contribution is 0.0497. The fraction of sp³-hybridized carbons (Fsp3) is 0.417. The van der Waals surface area contributed by atoms with Gasteiger partial charge in [0.25, 0.3) is 0 Å². The number of anilines is 2. The minimum atomic E-state index is 0.755. The number of nitrogens with one attached hydrogen (secondary N) is 1. The van der Waals surface area contributed by atoms with Crippen LogP contribution in [0.25, 0.3) is 10.2 Å². The van der Waals surface area contributed by atoms with E-state index in [1.807, 2.05) is 19.1 Å². The molecule has 6 heteroatoms. The van der Waals surface area contributed by atoms with E-state index in [1.165, 1.54) is 0 Å². The van der Waals surface area contributed by atoms with Crippen LogP contribution in [0.4, 0.5) is 11.4 Å². The van der Waals surface area contributed by atoms with E-state index in [9.17, 15) is 0 Å². The predicted octanol–water partition coefficient (Wildman–Crippen LogP) is 1.85. The van der Waals surface area contributed by atoms with Crippen molar-refractivity contribution in [1.82, 2.24) is 9.99 Å². The molecule has 0 aliphatic carbocycles. The highest BCUT2D eigenvalue weighted by atomic mass is 32.1. The molecular weight excluding hydrogens is 248 g/mol. The molecule has 0 spiro atoms. The third-order valence-electron chi connectivity index (χ3n) is 2.96. The molecule has 2 aromatic rings. The summed E-state index contributed by atoms with van der Waals surface area (Å²) in [5.41, 5.74) is 12.1. The minimum Gasteiger partial charge on any atom is -0.397 e. The van der Waals surface area contributed by atoms with Gasteiger partial charge in [-0.05, 0) is 19.1 Å². The molecule has 0 atom stereocenters. The summed E-state index contributed by atoms with van der Waals surface area (Å²) in [6.45, 7) is 5.26. The molecule has 0 unspecified atom stereocenters. The molecule has 3 N–H and O–H groups in total. The van der Waals surface area contributed by atoms with Crippen molar-refractivity contribution in [3.8, 4) is 0 Å². The van der Waals surface area contributed by atoms with Crippen molar-refractivity contribution in [2.24, 2.45) is 0 Å². The van der Waals surface area contributed by atoms with Gasteiger partial charge in [-0.15, -0.1) is 11.3 Å². The Kier molecular flexibility index (Phi) is 3.07. The number of rotatable bonds is 2. The average molecular weight is 264 g/mol. The summed E-state index contributed by atoms with van der Waals surface area (Å²) in [5.74, 6) is 0. The highest BCUT2D eigenvalue weighted by Crippen LogP contribution is 2.30. The van der Waals surface area contributed by atoms with Crippen LogP contribution in [0.1, 0.15) is 5.01 Å². The molecule has 1 aliphatic rings. The van der Waals surface area contributed by atoms with Crippen LogP contribution in [0.5, 0.6) is 0 Å². The van der Waals surface area contributed by atoms with Gasteiger partial charge in [0.15, 0.2) is 0 Å². The first-order valence-corrected chi connectivity index (χ1v) is 6.80. The lowest BCUT2D eigenvalue weighted by Gasteiger charge is -2.28. The van der Waals surface area contributed by atoms with E-state index >= 15 is 0 Å². The van der Waals surface area contributed by atoms with Crippen molar-refractivity contribution >= 4 is 32.9 Å². The second-order valence-corrected chi connectivity index (χ2v) is 5.59. The first-order chi connectivity index (χ1) is 8.72. The van der Waals surface area contributed by atoms with E-state index in [4.69, 9.17) is 10.5 Å². The number of benzene rings is 1. The summed E-state index contributed by atoms with van der Waals surface area (Å²) in [4.78, 5) is 4.49. The SMILES string of the molecule is Cc1nc2cc(NN3CCOCC3)c(N)cc2s1. The fourth-order valence-corrected chi connectivity index (χ4v) is 2.90. The Bertz CT molecular complexity index is 562. The van der Waals surface area contributed by atoms with Crippen LogP contribution in [0.2, 0.25) is 0 Å². The number of nitrogen functional groups attached to an aromatic ring is 1. The largest absolute Gasteiger partial charge is 0.397 e. The zero-order chi connectivity index (χ0) is 12.5. The molecule has 1 aromatic heterocycles. The Hall–Kier alpha value is -1.37. The Morgan fingerprint density at radius 3 is 2.94 bits per heavy atom. The fourth-order valence-electron chi connectivity index (χ4n) is 2.05. The quantitative estimate of drug-likeness (QED) is 0.810. The second kappa shape index (κ2) is 4.72. The predicted molar refractivity (Wildman–Crippen MR) is 74.8 cm³/mol. The number of morpholine rings is 1. The number of fused-ring (bicyclic) bond motifs is 1. The second-order valence-electron chi connectivity index (χ2n) is 4.35. The molecule has 1 saturated heterocycles. The molecule has 18 heavy (non-hydrogen) atoms. The molecule has 5 nitrogen and oxygen atoms in total. The van der Waals surface area contributed by atoms with Crippen LogP contribution in [-0.2, 0) is 4.74 Å². The van der Waals surface area contributed by atoms with E-state index in [2.05, 4.69) is 15.4 Å². The van der Waals surface area contributed by atoms with Gasteiger partial charge in [-0.3, -0.25) is 0 Å². The number of aryl methyl sites for hydroxylation is 1. The molecule has 1 aliphatic heterocycles. The molecule has 0 amide bonds. The minimum absolute atomic E-state index is 0.755. The molecular formula is C12H16N4OS. The van der Waals surface area contributed by atoms with Crippen LogP contribution in [0.3, 0.4) is 0 Å². The number of nitrogens with two attached hydrogens (primary N) is 1. The summed E-state index contributed by atoms with van der Waals surface area (Å²) < 4.78 is 6.45. The van der Waals surface area contributed by atoms with Crippen molar-refractivity contribution in [3.05, 3.63) is 17.1 Å². The Labute approximate surface area is 110 Å². The van der Waals surface area contributed by atoms with E-state index in [0.717, 1.165) is 52.9 Å². The van der Waals surface area contributed by atoms with Gasteiger partial charge in [-0.25, -0.2) is 9.99 Å². The molecule has 96 valence electrons. The van der Waals surface area contributed by atoms with E-state index in [1.54, 1.807) is 11.3 Å². The van der Waals surface area contributed by atoms with Gasteiger partial charge in [0.1, 0.15) is 0 Å². The summed E-state index contributed by atoms with van der Waals surface area (Å²) in [5, 5.41) is 3.19. The van der Waals surface area contributed by atoms with Gasteiger partial charge in [0, 0.05) is 13.1 Å². The summed E-state index contributed by atoms with van der Waals surface area (Å²) in [6, 6.07) is 4.01. The lowest BCUT2D eigenvalue weighted by Crippen LogP contribution is -2.40. The van der Waals surface area contributed by atoms with Crippen LogP contribution in [-0.4, -0.2) is 36.3 Å². The summed E-state index contributed by atoms with van der Waals surface area (Å²) in [7, 11) is 0. The Morgan fingerprint density at radius 2 is 2.17 bits per heavy atom. The van der Waals surface area contributed by atoms with Crippen LogP contribution >= 0.6 is 11.3 Å². The van der Waals surface area contributed by atoms with Crippen molar-refractivity contribution in [1.29, 1.82) is 0 Å². The van der Waals surface area contributed by atoms with E-state index in [-0.39, 0.29) is 0 Å². The molecule has 2 heterocycles. The van der Waals surface area contributed by atoms with Crippen LogP contribution in [0, 0.1) is 6.92 Å². The topological polar surface area (TPSA) is 63.4 Å². The molecule has 3 rings (SSSR count). The first-order valence-electron chi connectivity index (χ1n) is 5.98. The zero-order valence-corrected chi connectivity index (χ0v) is 11.1. The van der Waals surface area contributed by atoms with Crippen LogP contribution in [0.15, 0.2) is 12.1 Å². The highest BCUT2D eigenvalue weighted by molar-refractivity contribution is 7.18. The maximum absolute atomic E-state index is 6.07. The highest BCUT2D eigenvalue weighted by Gasteiger charge is 2.12. The maximum atomic E-state index is 6.07. The normalized spacial score (nSPS) is 17.2. The number of hydrazine groups is 1. The zero-order valence-electron chi connectivity index (χ0n) is 10.3. The lowest BCUT2D eigenvalue weighted by atomic mass is 10.2. The number of hydrogen-bond acceptors (Lipinski definition) is 6. The van der Waals surface area contributed by atoms with E-state index < -0.39 is 0 Å². The Balaban J connectivity index is 1.88. The molecule has 1 aromatic carbocycles. The van der Waals surface area contributed by atoms with E-state index in [0.29, 0.717) is 0 Å². The third-order valence-corrected chi connectivity index (χ3v) is 3.89.